The quantitative estimate of drug-likeness (QED) is 0.745. The zero-order valence-corrected chi connectivity index (χ0v) is 13.4. The second-order valence-corrected chi connectivity index (χ2v) is 6.75. The lowest BCUT2D eigenvalue weighted by Crippen LogP contribution is -2.13. The van der Waals surface area contributed by atoms with Gasteiger partial charge in [-0.1, -0.05) is 39.8 Å². The maximum atomic E-state index is 10.4. The summed E-state index contributed by atoms with van der Waals surface area (Å²) in [7, 11) is 0. The fourth-order valence-corrected chi connectivity index (χ4v) is 2.37. The molecule has 0 bridgehead atoms. The standard InChI is InChI=1S/C18H26O3/c1-14(13-18(2,3)4)11-12-21-16-8-5-15(6-9-16)7-10-17(19)20/h5-10,14H,11-13H2,1-4H3,(H,19,20)/b10-7+. The van der Waals surface area contributed by atoms with Crippen LogP contribution >= 0.6 is 0 Å². The molecule has 0 saturated carbocycles. The number of carboxylic acids is 1. The highest BCUT2D eigenvalue weighted by molar-refractivity contribution is 5.85. The molecule has 0 heterocycles. The number of ether oxygens (including phenoxy) is 1. The number of aliphatic carboxylic acids is 1. The molecule has 0 aliphatic carbocycles. The molecule has 21 heavy (non-hydrogen) atoms. The Morgan fingerprint density at radius 1 is 1.29 bits per heavy atom. The number of carbonyl (C=O) groups is 1. The van der Waals surface area contributed by atoms with Crippen molar-refractivity contribution in [2.45, 2.75) is 40.5 Å². The van der Waals surface area contributed by atoms with Crippen LogP contribution in [0.3, 0.4) is 0 Å². The topological polar surface area (TPSA) is 46.5 Å². The van der Waals surface area contributed by atoms with E-state index in [0.29, 0.717) is 17.9 Å². The molecule has 0 aliphatic heterocycles. The van der Waals surface area contributed by atoms with Crippen molar-refractivity contribution < 1.29 is 14.6 Å². The largest absolute Gasteiger partial charge is 0.494 e. The van der Waals surface area contributed by atoms with Gasteiger partial charge in [-0.3, -0.25) is 0 Å². The predicted molar refractivity (Wildman–Crippen MR) is 86.5 cm³/mol. The van der Waals surface area contributed by atoms with Gasteiger partial charge in [0.05, 0.1) is 6.61 Å². The molecule has 0 radical (unpaired) electrons. The van der Waals surface area contributed by atoms with Crippen LogP contribution in [0.4, 0.5) is 0 Å². The molecule has 0 amide bonds. The minimum atomic E-state index is -0.942. The van der Waals surface area contributed by atoms with E-state index in [0.717, 1.165) is 23.8 Å². The van der Waals surface area contributed by atoms with Gasteiger partial charge in [0.2, 0.25) is 0 Å². The van der Waals surface area contributed by atoms with Gasteiger partial charge >= 0.3 is 5.97 Å². The van der Waals surface area contributed by atoms with Crippen molar-refractivity contribution in [1.82, 2.24) is 0 Å². The third kappa shape index (κ3) is 8.18. The zero-order valence-electron chi connectivity index (χ0n) is 13.4. The van der Waals surface area contributed by atoms with Crippen LogP contribution in [-0.4, -0.2) is 17.7 Å². The molecule has 0 spiro atoms. The van der Waals surface area contributed by atoms with Crippen LogP contribution in [0.25, 0.3) is 6.08 Å². The fraction of sp³-hybridized carbons (Fsp3) is 0.500. The molecule has 1 atom stereocenters. The summed E-state index contributed by atoms with van der Waals surface area (Å²) in [5.74, 6) is 0.524. The summed E-state index contributed by atoms with van der Waals surface area (Å²) < 4.78 is 5.73. The highest BCUT2D eigenvalue weighted by Gasteiger charge is 2.15. The molecule has 116 valence electrons. The normalized spacial score (nSPS) is 13.3. The van der Waals surface area contributed by atoms with E-state index in [4.69, 9.17) is 9.84 Å². The number of rotatable bonds is 7. The first kappa shape index (κ1) is 17.3. The van der Waals surface area contributed by atoms with Gasteiger partial charge in [-0.2, -0.15) is 0 Å². The smallest absolute Gasteiger partial charge is 0.328 e. The Balaban J connectivity index is 2.38. The van der Waals surface area contributed by atoms with E-state index in [2.05, 4.69) is 27.7 Å². The highest BCUT2D eigenvalue weighted by Crippen LogP contribution is 2.26. The molecule has 3 heteroatoms. The molecule has 0 fully saturated rings. The Morgan fingerprint density at radius 2 is 1.90 bits per heavy atom. The van der Waals surface area contributed by atoms with Crippen LogP contribution < -0.4 is 4.74 Å². The molecular weight excluding hydrogens is 264 g/mol. The van der Waals surface area contributed by atoms with Crippen molar-refractivity contribution in [2.75, 3.05) is 6.61 Å². The lowest BCUT2D eigenvalue weighted by atomic mass is 9.84. The van der Waals surface area contributed by atoms with E-state index in [1.807, 2.05) is 24.3 Å². The van der Waals surface area contributed by atoms with Crippen molar-refractivity contribution in [3.05, 3.63) is 35.9 Å². The van der Waals surface area contributed by atoms with Crippen LogP contribution in [-0.2, 0) is 4.79 Å². The highest BCUT2D eigenvalue weighted by atomic mass is 16.5. The average molecular weight is 290 g/mol. The Labute approximate surface area is 127 Å². The summed E-state index contributed by atoms with van der Waals surface area (Å²) in [6.45, 7) is 9.74. The van der Waals surface area contributed by atoms with Gasteiger partial charge < -0.3 is 9.84 Å². The van der Waals surface area contributed by atoms with Gasteiger partial charge in [0, 0.05) is 6.08 Å². The van der Waals surface area contributed by atoms with Crippen LogP contribution in [0.1, 0.15) is 46.1 Å². The van der Waals surface area contributed by atoms with E-state index < -0.39 is 5.97 Å². The SMILES string of the molecule is CC(CCOc1ccc(/C=C/C(=O)O)cc1)CC(C)(C)C. The van der Waals surface area contributed by atoms with Crippen molar-refractivity contribution in [3.63, 3.8) is 0 Å². The van der Waals surface area contributed by atoms with Crippen molar-refractivity contribution >= 4 is 12.0 Å². The maximum Gasteiger partial charge on any atom is 0.328 e. The molecule has 0 aromatic heterocycles. The van der Waals surface area contributed by atoms with E-state index in [1.54, 1.807) is 6.08 Å². The lowest BCUT2D eigenvalue weighted by Gasteiger charge is -2.23. The van der Waals surface area contributed by atoms with Crippen molar-refractivity contribution in [3.8, 4) is 5.75 Å². The van der Waals surface area contributed by atoms with Gasteiger partial charge in [0.15, 0.2) is 0 Å². The molecule has 1 N–H and O–H groups in total. The van der Waals surface area contributed by atoms with E-state index in [9.17, 15) is 4.79 Å². The van der Waals surface area contributed by atoms with Crippen LogP contribution in [0.2, 0.25) is 0 Å². The van der Waals surface area contributed by atoms with Gasteiger partial charge in [-0.05, 0) is 47.9 Å². The van der Waals surface area contributed by atoms with Gasteiger partial charge in [0.1, 0.15) is 5.75 Å². The van der Waals surface area contributed by atoms with E-state index in [-0.39, 0.29) is 0 Å². The summed E-state index contributed by atoms with van der Waals surface area (Å²) in [5.41, 5.74) is 1.21. The molecule has 0 aliphatic rings. The minimum absolute atomic E-state index is 0.359. The first-order valence-electron chi connectivity index (χ1n) is 7.40. The van der Waals surface area contributed by atoms with Gasteiger partial charge in [0.25, 0.3) is 0 Å². The maximum absolute atomic E-state index is 10.4. The monoisotopic (exact) mass is 290 g/mol. The Kier molecular flexibility index (Phi) is 6.47. The third-order valence-electron chi connectivity index (χ3n) is 3.14. The molecule has 0 saturated heterocycles. The lowest BCUT2D eigenvalue weighted by molar-refractivity contribution is -0.131. The van der Waals surface area contributed by atoms with E-state index in [1.165, 1.54) is 6.42 Å². The Morgan fingerprint density at radius 3 is 2.43 bits per heavy atom. The van der Waals surface area contributed by atoms with Crippen molar-refractivity contribution in [1.29, 1.82) is 0 Å². The molecular formula is C18H26O3. The van der Waals surface area contributed by atoms with Crippen molar-refractivity contribution in [2.24, 2.45) is 11.3 Å². The Hall–Kier alpha value is -1.77. The molecule has 3 nitrogen and oxygen atoms in total. The fourth-order valence-electron chi connectivity index (χ4n) is 2.37. The number of hydrogen-bond donors (Lipinski definition) is 1. The van der Waals surface area contributed by atoms with E-state index >= 15 is 0 Å². The Bertz CT molecular complexity index is 466. The summed E-state index contributed by atoms with van der Waals surface area (Å²) in [5, 5.41) is 8.57. The van der Waals surface area contributed by atoms with Gasteiger partial charge in [-0.15, -0.1) is 0 Å². The first-order chi connectivity index (χ1) is 9.76. The number of hydrogen-bond acceptors (Lipinski definition) is 2. The second-order valence-electron chi connectivity index (χ2n) is 6.75. The molecule has 1 rings (SSSR count). The molecule has 1 unspecified atom stereocenters. The second kappa shape index (κ2) is 7.87. The molecule has 1 aromatic rings. The summed E-state index contributed by atoms with van der Waals surface area (Å²) in [6, 6.07) is 7.45. The minimum Gasteiger partial charge on any atom is -0.494 e. The summed E-state index contributed by atoms with van der Waals surface area (Å²) >= 11 is 0. The molecule has 1 aromatic carbocycles. The first-order valence-corrected chi connectivity index (χ1v) is 7.40. The third-order valence-corrected chi connectivity index (χ3v) is 3.14. The van der Waals surface area contributed by atoms with Gasteiger partial charge in [-0.25, -0.2) is 4.79 Å². The average Bonchev–Trinajstić information content (AvgIpc) is 2.35. The van der Waals surface area contributed by atoms with Crippen LogP contribution in [0, 0.1) is 11.3 Å². The zero-order chi connectivity index (χ0) is 15.9. The van der Waals surface area contributed by atoms with Crippen LogP contribution in [0.5, 0.6) is 5.75 Å². The number of benzene rings is 1. The summed E-state index contributed by atoms with van der Waals surface area (Å²) in [4.78, 5) is 10.4. The predicted octanol–water partition coefficient (Wildman–Crippen LogP) is 4.63. The van der Waals surface area contributed by atoms with Crippen LogP contribution in [0.15, 0.2) is 30.3 Å². The summed E-state index contributed by atoms with van der Waals surface area (Å²) in [6.07, 6.45) is 4.93. The number of carboxylic acid groups (broad SMARTS) is 1.